The van der Waals surface area contributed by atoms with Crippen LogP contribution < -0.4 is 10.6 Å². The van der Waals surface area contributed by atoms with E-state index in [9.17, 15) is 14.4 Å². The second kappa shape index (κ2) is 9.35. The SMILES string of the molecule is COC(=O)/C=C(/Nc1ccccc1NC(=O)c1cccnc1Cl)C(=O)OC. The van der Waals surface area contributed by atoms with Crippen LogP contribution in [0, 0.1) is 0 Å². The highest BCUT2D eigenvalue weighted by atomic mass is 35.5. The number of esters is 2. The Morgan fingerprint density at radius 1 is 1.00 bits per heavy atom. The third kappa shape index (κ3) is 5.29. The van der Waals surface area contributed by atoms with E-state index < -0.39 is 17.8 Å². The van der Waals surface area contributed by atoms with Crippen molar-refractivity contribution in [2.45, 2.75) is 0 Å². The number of ether oxygens (including phenoxy) is 2. The summed E-state index contributed by atoms with van der Waals surface area (Å²) in [6, 6.07) is 9.69. The van der Waals surface area contributed by atoms with Gasteiger partial charge in [0.1, 0.15) is 10.9 Å². The van der Waals surface area contributed by atoms with E-state index in [2.05, 4.69) is 25.1 Å². The van der Waals surface area contributed by atoms with Crippen LogP contribution in [-0.4, -0.2) is 37.0 Å². The zero-order chi connectivity index (χ0) is 19.8. The molecule has 27 heavy (non-hydrogen) atoms. The Bertz CT molecular complexity index is 898. The van der Waals surface area contributed by atoms with E-state index in [1.165, 1.54) is 26.5 Å². The molecular weight excluding hydrogens is 374 g/mol. The molecule has 0 spiro atoms. The van der Waals surface area contributed by atoms with E-state index in [0.29, 0.717) is 11.4 Å². The van der Waals surface area contributed by atoms with Gasteiger partial charge in [-0.1, -0.05) is 23.7 Å². The molecule has 0 fully saturated rings. The third-order valence-electron chi connectivity index (χ3n) is 3.32. The van der Waals surface area contributed by atoms with Gasteiger partial charge in [-0.3, -0.25) is 4.79 Å². The van der Waals surface area contributed by atoms with E-state index >= 15 is 0 Å². The number of methoxy groups -OCH3 is 2. The summed E-state index contributed by atoms with van der Waals surface area (Å²) in [5, 5.41) is 5.49. The number of hydrogen-bond donors (Lipinski definition) is 2. The quantitative estimate of drug-likeness (QED) is 0.444. The first-order valence-corrected chi connectivity index (χ1v) is 8.00. The molecule has 0 saturated carbocycles. The molecule has 8 nitrogen and oxygen atoms in total. The summed E-state index contributed by atoms with van der Waals surface area (Å²) >= 11 is 5.93. The van der Waals surface area contributed by atoms with Crippen LogP contribution in [0.15, 0.2) is 54.4 Å². The van der Waals surface area contributed by atoms with Crippen LogP contribution in [-0.2, 0) is 19.1 Å². The zero-order valence-corrected chi connectivity index (χ0v) is 15.2. The Morgan fingerprint density at radius 2 is 1.67 bits per heavy atom. The van der Waals surface area contributed by atoms with Crippen LogP contribution in [0.1, 0.15) is 10.4 Å². The second-order valence-electron chi connectivity index (χ2n) is 5.04. The fraction of sp³-hybridized carbons (Fsp3) is 0.111. The van der Waals surface area contributed by atoms with Crippen LogP contribution in [0.25, 0.3) is 0 Å². The van der Waals surface area contributed by atoms with Gasteiger partial charge in [0.15, 0.2) is 0 Å². The first-order chi connectivity index (χ1) is 13.0. The fourth-order valence-electron chi connectivity index (χ4n) is 2.02. The Balaban J connectivity index is 2.30. The van der Waals surface area contributed by atoms with Crippen molar-refractivity contribution in [3.8, 4) is 0 Å². The smallest absolute Gasteiger partial charge is 0.354 e. The normalized spacial score (nSPS) is 10.7. The average molecular weight is 390 g/mol. The number of carbonyl (C=O) groups excluding carboxylic acids is 3. The number of anilines is 2. The van der Waals surface area contributed by atoms with Gasteiger partial charge in [-0.2, -0.15) is 0 Å². The van der Waals surface area contributed by atoms with Crippen molar-refractivity contribution in [3.05, 3.63) is 65.1 Å². The van der Waals surface area contributed by atoms with Crippen molar-refractivity contribution in [1.82, 2.24) is 4.98 Å². The predicted octanol–water partition coefficient (Wildman–Crippen LogP) is 2.63. The van der Waals surface area contributed by atoms with E-state index in [1.807, 2.05) is 0 Å². The molecule has 1 aromatic heterocycles. The van der Waals surface area contributed by atoms with Gasteiger partial charge in [-0.05, 0) is 24.3 Å². The summed E-state index contributed by atoms with van der Waals surface area (Å²) in [5.74, 6) is -2.01. The maximum atomic E-state index is 12.4. The highest BCUT2D eigenvalue weighted by molar-refractivity contribution is 6.33. The molecule has 0 aliphatic rings. The number of benzene rings is 1. The third-order valence-corrected chi connectivity index (χ3v) is 3.62. The number of pyridine rings is 1. The van der Waals surface area contributed by atoms with Crippen LogP contribution in [0.5, 0.6) is 0 Å². The van der Waals surface area contributed by atoms with E-state index in [4.69, 9.17) is 11.6 Å². The number of hydrogen-bond acceptors (Lipinski definition) is 7. The van der Waals surface area contributed by atoms with Gasteiger partial charge in [-0.15, -0.1) is 0 Å². The van der Waals surface area contributed by atoms with Gasteiger partial charge in [0.25, 0.3) is 5.91 Å². The maximum Gasteiger partial charge on any atom is 0.354 e. The van der Waals surface area contributed by atoms with Crippen LogP contribution in [0.4, 0.5) is 11.4 Å². The number of rotatable bonds is 6. The van der Waals surface area contributed by atoms with Gasteiger partial charge < -0.3 is 20.1 Å². The lowest BCUT2D eigenvalue weighted by Gasteiger charge is -2.14. The molecule has 0 unspecified atom stereocenters. The average Bonchev–Trinajstić information content (AvgIpc) is 2.68. The molecule has 2 rings (SSSR count). The summed E-state index contributed by atoms with van der Waals surface area (Å²) < 4.78 is 9.17. The fourth-order valence-corrected chi connectivity index (χ4v) is 2.23. The Hall–Kier alpha value is -3.39. The number of carbonyl (C=O) groups is 3. The standard InChI is InChI=1S/C18H16ClN3O5/c1-26-15(23)10-14(18(25)27-2)21-12-7-3-4-8-13(12)22-17(24)11-6-5-9-20-16(11)19/h3-10,21H,1-2H3,(H,22,24)/b14-10+. The zero-order valence-electron chi connectivity index (χ0n) is 14.5. The van der Waals surface area contributed by atoms with Gasteiger partial charge in [0.2, 0.25) is 0 Å². The summed E-state index contributed by atoms with van der Waals surface area (Å²) in [6.45, 7) is 0. The van der Waals surface area contributed by atoms with Crippen molar-refractivity contribution in [2.75, 3.05) is 24.9 Å². The molecule has 0 radical (unpaired) electrons. The van der Waals surface area contributed by atoms with Crippen LogP contribution >= 0.6 is 11.6 Å². The highest BCUT2D eigenvalue weighted by Gasteiger charge is 2.16. The van der Waals surface area contributed by atoms with E-state index in [1.54, 1.807) is 30.3 Å². The van der Waals surface area contributed by atoms with Gasteiger partial charge in [-0.25, -0.2) is 14.6 Å². The number of halogens is 1. The minimum absolute atomic E-state index is 0.0567. The monoisotopic (exact) mass is 389 g/mol. The number of para-hydroxylation sites is 2. The van der Waals surface area contributed by atoms with Crippen molar-refractivity contribution < 1.29 is 23.9 Å². The Morgan fingerprint density at radius 3 is 2.26 bits per heavy atom. The summed E-state index contributed by atoms with van der Waals surface area (Å²) in [7, 11) is 2.35. The Labute approximate surface area is 160 Å². The summed E-state index contributed by atoms with van der Waals surface area (Å²) in [5.41, 5.74) is 0.728. The molecule has 1 heterocycles. The number of aromatic nitrogens is 1. The molecule has 0 saturated heterocycles. The molecule has 1 amide bonds. The van der Waals surface area contributed by atoms with Gasteiger partial charge >= 0.3 is 11.9 Å². The maximum absolute atomic E-state index is 12.4. The molecule has 0 aliphatic carbocycles. The van der Waals surface area contributed by atoms with Crippen molar-refractivity contribution in [2.24, 2.45) is 0 Å². The molecule has 140 valence electrons. The topological polar surface area (TPSA) is 107 Å². The molecule has 0 atom stereocenters. The molecule has 2 N–H and O–H groups in total. The summed E-state index contributed by atoms with van der Waals surface area (Å²) in [6.07, 6.45) is 2.41. The van der Waals surface area contributed by atoms with Gasteiger partial charge in [0, 0.05) is 6.20 Å². The first kappa shape index (κ1) is 19.9. The minimum Gasteiger partial charge on any atom is -0.466 e. The molecule has 0 bridgehead atoms. The van der Waals surface area contributed by atoms with Crippen LogP contribution in [0.2, 0.25) is 5.15 Å². The Kier molecular flexibility index (Phi) is 6.90. The predicted molar refractivity (Wildman–Crippen MR) is 99.4 cm³/mol. The highest BCUT2D eigenvalue weighted by Crippen LogP contribution is 2.24. The number of nitrogens with zero attached hydrogens (tertiary/aromatic N) is 1. The summed E-state index contributed by atoms with van der Waals surface area (Å²) in [4.78, 5) is 39.7. The van der Waals surface area contributed by atoms with Crippen molar-refractivity contribution >= 4 is 40.8 Å². The minimum atomic E-state index is -0.781. The molecule has 2 aromatic rings. The van der Waals surface area contributed by atoms with Crippen molar-refractivity contribution in [3.63, 3.8) is 0 Å². The lowest BCUT2D eigenvalue weighted by molar-refractivity contribution is -0.138. The van der Waals surface area contributed by atoms with E-state index in [0.717, 1.165) is 6.08 Å². The van der Waals surface area contributed by atoms with Gasteiger partial charge in [0.05, 0.1) is 37.2 Å². The molecular formula is C18H16ClN3O5. The molecule has 0 aliphatic heterocycles. The van der Waals surface area contributed by atoms with Crippen LogP contribution in [0.3, 0.4) is 0 Å². The second-order valence-corrected chi connectivity index (χ2v) is 5.40. The number of amides is 1. The van der Waals surface area contributed by atoms with Crippen molar-refractivity contribution in [1.29, 1.82) is 0 Å². The number of nitrogens with one attached hydrogen (secondary N) is 2. The largest absolute Gasteiger partial charge is 0.466 e. The van der Waals surface area contributed by atoms with E-state index in [-0.39, 0.29) is 16.4 Å². The molecule has 9 heteroatoms. The lowest BCUT2D eigenvalue weighted by Crippen LogP contribution is -2.18. The lowest BCUT2D eigenvalue weighted by atomic mass is 10.2. The molecule has 1 aromatic carbocycles. The first-order valence-electron chi connectivity index (χ1n) is 7.62.